The van der Waals surface area contributed by atoms with Crippen molar-refractivity contribution in [2.24, 2.45) is 12.0 Å². The van der Waals surface area contributed by atoms with E-state index >= 15 is 0 Å². The summed E-state index contributed by atoms with van der Waals surface area (Å²) in [4.78, 5) is 38.7. The molecule has 2 amide bonds. The number of aryl methyl sites for hydroxylation is 1. The number of allylic oxidation sites excluding steroid dienone is 2. The average molecular weight is 533 g/mol. The highest BCUT2D eigenvalue weighted by Crippen LogP contribution is 2.46. The van der Waals surface area contributed by atoms with E-state index in [0.29, 0.717) is 12.3 Å². The number of aromatic nitrogens is 2. The van der Waals surface area contributed by atoms with Gasteiger partial charge in [-0.1, -0.05) is 6.08 Å². The van der Waals surface area contributed by atoms with Gasteiger partial charge in [0.1, 0.15) is 0 Å². The van der Waals surface area contributed by atoms with Crippen molar-refractivity contribution in [2.75, 3.05) is 19.6 Å². The molecule has 1 atom stereocenters. The van der Waals surface area contributed by atoms with Gasteiger partial charge in [-0.15, -0.1) is 11.3 Å². The first-order valence-corrected chi connectivity index (χ1v) is 13.9. The average Bonchev–Trinajstić information content (AvgIpc) is 3.37. The first kappa shape index (κ1) is 24.8. The molecule has 10 heteroatoms. The number of hydrogen-bond donors (Lipinski definition) is 2. The number of nitrogens with one attached hydrogen (secondary N) is 1. The Morgan fingerprint density at radius 2 is 2.05 bits per heavy atom. The summed E-state index contributed by atoms with van der Waals surface area (Å²) in [5, 5.41) is 15.6. The van der Waals surface area contributed by atoms with Crippen LogP contribution in [0.3, 0.4) is 0 Å². The van der Waals surface area contributed by atoms with Crippen LogP contribution in [-0.2, 0) is 29.6 Å². The summed E-state index contributed by atoms with van der Waals surface area (Å²) in [6.07, 6.45) is 11.8. The Labute approximate surface area is 225 Å². The number of likely N-dealkylation sites (tertiary alicyclic amines) is 1. The lowest BCUT2D eigenvalue weighted by atomic mass is 9.89. The topological polar surface area (TPSA) is 103 Å². The quantitative estimate of drug-likeness (QED) is 0.630. The molecule has 0 aromatic carbocycles. The van der Waals surface area contributed by atoms with Crippen LogP contribution in [0.4, 0.5) is 0 Å². The van der Waals surface area contributed by atoms with Gasteiger partial charge in [-0.3, -0.25) is 14.5 Å². The summed E-state index contributed by atoms with van der Waals surface area (Å²) in [6, 6.07) is 0.204. The number of aromatic hydroxyl groups is 1. The zero-order valence-electron chi connectivity index (χ0n) is 21.9. The van der Waals surface area contributed by atoms with Crippen molar-refractivity contribution in [3.63, 3.8) is 0 Å². The van der Waals surface area contributed by atoms with Crippen molar-refractivity contribution in [2.45, 2.75) is 51.7 Å². The minimum absolute atomic E-state index is 0.0778. The molecule has 9 nitrogen and oxygen atoms in total. The normalized spacial score (nSPS) is 22.3. The van der Waals surface area contributed by atoms with Crippen LogP contribution >= 0.6 is 11.3 Å². The lowest BCUT2D eigenvalue weighted by Crippen LogP contribution is -2.50. The van der Waals surface area contributed by atoms with Crippen molar-refractivity contribution in [1.82, 2.24) is 24.7 Å². The van der Waals surface area contributed by atoms with E-state index < -0.39 is 0 Å². The highest BCUT2D eigenvalue weighted by Gasteiger charge is 2.40. The summed E-state index contributed by atoms with van der Waals surface area (Å²) in [6.45, 7) is 6.41. The molecule has 2 N–H and O–H groups in total. The monoisotopic (exact) mass is 532 g/mol. The van der Waals surface area contributed by atoms with Gasteiger partial charge in [-0.05, 0) is 43.1 Å². The lowest BCUT2D eigenvalue weighted by molar-refractivity contribution is -0.130. The van der Waals surface area contributed by atoms with Crippen LogP contribution < -0.4 is 5.32 Å². The Hall–Kier alpha value is -3.50. The van der Waals surface area contributed by atoms with Crippen LogP contribution in [0.5, 0.6) is 5.88 Å². The highest BCUT2D eigenvalue weighted by molar-refractivity contribution is 7.11. The maximum atomic E-state index is 12.8. The van der Waals surface area contributed by atoms with Crippen LogP contribution in [0, 0.1) is 6.92 Å². The summed E-state index contributed by atoms with van der Waals surface area (Å²) < 4.78 is 1.86. The minimum Gasteiger partial charge on any atom is -0.494 e. The Morgan fingerprint density at radius 1 is 1.26 bits per heavy atom. The number of hydrogen-bond acceptors (Lipinski definition) is 7. The number of amides is 2. The van der Waals surface area contributed by atoms with Crippen LogP contribution in [-0.4, -0.2) is 73.7 Å². The molecule has 0 spiro atoms. The van der Waals surface area contributed by atoms with Gasteiger partial charge in [-0.2, -0.15) is 0 Å². The fourth-order valence-corrected chi connectivity index (χ4v) is 6.95. The molecule has 2 aromatic heterocycles. The molecule has 38 heavy (non-hydrogen) atoms. The third kappa shape index (κ3) is 4.31. The van der Waals surface area contributed by atoms with E-state index in [9.17, 15) is 14.7 Å². The fourth-order valence-electron chi connectivity index (χ4n) is 6.16. The Bertz CT molecular complexity index is 1440. The number of carbonyl (C=O) groups excluding carboxylic acids is 2. The van der Waals surface area contributed by atoms with Gasteiger partial charge in [0, 0.05) is 73.7 Å². The predicted octanol–water partition coefficient (Wildman–Crippen LogP) is 2.80. The maximum absolute atomic E-state index is 12.8. The lowest BCUT2D eigenvalue weighted by Gasteiger charge is -2.42. The van der Waals surface area contributed by atoms with Gasteiger partial charge in [0.15, 0.2) is 5.88 Å². The van der Waals surface area contributed by atoms with Crippen molar-refractivity contribution in [1.29, 1.82) is 0 Å². The second kappa shape index (κ2) is 9.67. The molecule has 3 aliphatic heterocycles. The van der Waals surface area contributed by atoms with Crippen molar-refractivity contribution in [3.8, 4) is 5.88 Å². The molecule has 0 bridgehead atoms. The van der Waals surface area contributed by atoms with Crippen molar-refractivity contribution < 1.29 is 14.7 Å². The number of fused-ring (bicyclic) bond motifs is 2. The third-order valence-corrected chi connectivity index (χ3v) is 8.96. The maximum Gasteiger partial charge on any atom is 0.251 e. The number of piperidine rings is 1. The van der Waals surface area contributed by atoms with Crippen LogP contribution in [0.1, 0.15) is 46.5 Å². The first-order chi connectivity index (χ1) is 18.3. The van der Waals surface area contributed by atoms with Gasteiger partial charge < -0.3 is 19.9 Å². The molecule has 1 saturated heterocycles. The van der Waals surface area contributed by atoms with E-state index in [1.54, 1.807) is 13.1 Å². The molecular weight excluding hydrogens is 500 g/mol. The zero-order chi connectivity index (χ0) is 26.6. The molecule has 0 radical (unpaired) electrons. The Morgan fingerprint density at radius 3 is 2.76 bits per heavy atom. The summed E-state index contributed by atoms with van der Waals surface area (Å²) >= 11 is 1.51. The summed E-state index contributed by atoms with van der Waals surface area (Å²) in [7, 11) is 1.89. The van der Waals surface area contributed by atoms with Crippen LogP contribution in [0.15, 0.2) is 35.6 Å². The summed E-state index contributed by atoms with van der Waals surface area (Å²) in [5.74, 6) is 0.142. The number of aliphatic imine (C=N–C) groups is 1. The fraction of sp³-hybridized carbons (Fsp3) is 0.429. The third-order valence-electron chi connectivity index (χ3n) is 8.05. The molecular formula is C28H32N6O3S. The number of rotatable bonds is 3. The van der Waals surface area contributed by atoms with Crippen LogP contribution in [0.25, 0.3) is 11.1 Å². The van der Waals surface area contributed by atoms with Crippen LogP contribution in [0.2, 0.25) is 0 Å². The molecule has 1 fully saturated rings. The van der Waals surface area contributed by atoms with Gasteiger partial charge in [0.05, 0.1) is 29.7 Å². The Balaban J connectivity index is 1.38. The SMILES string of the molecule is CC(=O)N1CCC(N2CC3=CNCc4c3c(c(O)n4C)C3=CC(=NC(=O)Cc4cnc(C)s4)C=CC32)CC1. The van der Waals surface area contributed by atoms with E-state index in [-0.39, 0.29) is 36.2 Å². The Kier molecular flexibility index (Phi) is 6.31. The first-order valence-electron chi connectivity index (χ1n) is 13.1. The number of carbonyl (C=O) groups is 2. The smallest absolute Gasteiger partial charge is 0.251 e. The molecule has 5 heterocycles. The molecule has 198 valence electrons. The van der Waals surface area contributed by atoms with Gasteiger partial charge >= 0.3 is 0 Å². The van der Waals surface area contributed by atoms with Crippen molar-refractivity contribution in [3.05, 3.63) is 57.3 Å². The largest absolute Gasteiger partial charge is 0.494 e. The predicted molar refractivity (Wildman–Crippen MR) is 148 cm³/mol. The molecule has 0 saturated carbocycles. The highest BCUT2D eigenvalue weighted by atomic mass is 32.1. The van der Waals surface area contributed by atoms with Gasteiger partial charge in [0.2, 0.25) is 5.91 Å². The minimum atomic E-state index is -0.213. The van der Waals surface area contributed by atoms with Crippen molar-refractivity contribution >= 4 is 40.0 Å². The van der Waals surface area contributed by atoms with E-state index in [0.717, 1.165) is 70.3 Å². The number of thiazole rings is 1. The summed E-state index contributed by atoms with van der Waals surface area (Å²) in [5.41, 5.74) is 5.64. The molecule has 2 aromatic rings. The van der Waals surface area contributed by atoms with E-state index in [1.165, 1.54) is 11.3 Å². The second-order valence-electron chi connectivity index (χ2n) is 10.4. The molecule has 1 unspecified atom stereocenters. The zero-order valence-corrected chi connectivity index (χ0v) is 22.7. The van der Waals surface area contributed by atoms with Gasteiger partial charge in [-0.25, -0.2) is 9.98 Å². The second-order valence-corrected chi connectivity index (χ2v) is 11.7. The molecule has 4 aliphatic rings. The van der Waals surface area contributed by atoms with E-state index in [4.69, 9.17) is 0 Å². The standard InChI is InChI=1S/C28H32N6O3S/c1-16-30-13-21(38-16)11-25(36)31-19-4-5-23-22(10-19)27-26-18(12-29-14-24(26)32(3)28(27)37)15-34(23)20-6-8-33(9-7-20)17(2)35/h4-5,10,12-13,20,23,29,37H,6-9,11,14-15H2,1-3H3. The number of nitrogens with zero attached hydrogens (tertiary/aromatic N) is 5. The van der Waals surface area contributed by atoms with E-state index in [1.807, 2.05) is 35.6 Å². The molecule has 6 rings (SSSR count). The van der Waals surface area contributed by atoms with E-state index in [2.05, 4.69) is 32.5 Å². The van der Waals surface area contributed by atoms with Gasteiger partial charge in [0.25, 0.3) is 5.91 Å². The molecule has 1 aliphatic carbocycles.